The van der Waals surface area contributed by atoms with E-state index in [2.05, 4.69) is 26.7 Å². The largest absolute Gasteiger partial charge is 0.493 e. The summed E-state index contributed by atoms with van der Waals surface area (Å²) in [7, 11) is 1.53. The summed E-state index contributed by atoms with van der Waals surface area (Å²) in [6.07, 6.45) is 4.21. The number of likely N-dealkylation sites (tertiary alicyclic amines) is 1. The molecule has 2 amide bonds. The average Bonchev–Trinajstić information content (AvgIpc) is 3.74. The third-order valence-electron chi connectivity index (χ3n) is 9.08. The number of methoxy groups -OCH3 is 1. The predicted molar refractivity (Wildman–Crippen MR) is 200 cm³/mol. The van der Waals surface area contributed by atoms with Gasteiger partial charge in [0.15, 0.2) is 28.2 Å². The molecule has 7 rings (SSSR count). The Hall–Kier alpha value is -6.08. The van der Waals surface area contributed by atoms with Crippen LogP contribution in [0.2, 0.25) is 0 Å². The van der Waals surface area contributed by atoms with E-state index in [-0.39, 0.29) is 47.7 Å². The highest BCUT2D eigenvalue weighted by atomic mass is 32.1. The summed E-state index contributed by atoms with van der Waals surface area (Å²) in [6, 6.07) is 26.6. The molecule has 2 aliphatic rings. The lowest BCUT2D eigenvalue weighted by molar-refractivity contribution is -0.119. The van der Waals surface area contributed by atoms with Gasteiger partial charge in [-0.1, -0.05) is 66.7 Å². The van der Waals surface area contributed by atoms with Crippen LogP contribution in [0.25, 0.3) is 10.9 Å². The second-order valence-electron chi connectivity index (χ2n) is 12.8. The summed E-state index contributed by atoms with van der Waals surface area (Å²) in [6.45, 7) is 1.86. The number of nitrogens with one attached hydrogen (secondary N) is 2. The molecule has 2 atom stereocenters. The first kappa shape index (κ1) is 35.3. The van der Waals surface area contributed by atoms with Crippen molar-refractivity contribution < 1.29 is 32.9 Å². The number of halogens is 1. The number of thiocarbonyl (C=S) groups is 1. The molecule has 1 aromatic heterocycles. The molecular weight excluding hydrogens is 698 g/mol. The molecule has 11 nitrogen and oxygen atoms in total. The van der Waals surface area contributed by atoms with Crippen molar-refractivity contribution in [1.29, 1.82) is 0 Å². The van der Waals surface area contributed by atoms with Crippen molar-refractivity contribution in [2.45, 2.75) is 19.4 Å². The predicted octanol–water partition coefficient (Wildman–Crippen LogP) is 7.22. The quantitative estimate of drug-likeness (QED) is 0.106. The minimum absolute atomic E-state index is 0.0429. The Kier molecular flexibility index (Phi) is 10.7. The molecule has 2 heterocycles. The number of fused-ring (bicyclic) bond motifs is 2. The summed E-state index contributed by atoms with van der Waals surface area (Å²) < 4.78 is 38.5. The number of rotatable bonds is 11. The molecule has 0 bridgehead atoms. The van der Waals surface area contributed by atoms with Gasteiger partial charge < -0.3 is 34.5 Å². The van der Waals surface area contributed by atoms with Crippen LogP contribution in [0.1, 0.15) is 17.5 Å². The summed E-state index contributed by atoms with van der Waals surface area (Å²) in [4.78, 5) is 35.4. The molecule has 13 heteroatoms. The number of benzene rings is 4. The third kappa shape index (κ3) is 8.70. The number of amides is 2. The minimum atomic E-state index is -0.672. The smallest absolute Gasteiger partial charge is 0.410 e. The molecule has 4 aromatic carbocycles. The highest BCUT2D eigenvalue weighted by Gasteiger charge is 2.39. The van der Waals surface area contributed by atoms with Crippen LogP contribution in [0.5, 0.6) is 23.1 Å². The summed E-state index contributed by atoms with van der Waals surface area (Å²) >= 11 is 5.24. The van der Waals surface area contributed by atoms with Crippen LogP contribution in [-0.2, 0) is 22.6 Å². The van der Waals surface area contributed by atoms with E-state index in [0.717, 1.165) is 23.1 Å². The number of ether oxygens (including phenoxy) is 4. The highest BCUT2D eigenvalue weighted by Crippen LogP contribution is 2.40. The van der Waals surface area contributed by atoms with Gasteiger partial charge in [-0.2, -0.15) is 0 Å². The van der Waals surface area contributed by atoms with Gasteiger partial charge in [-0.3, -0.25) is 4.79 Å². The topological polar surface area (TPSA) is 124 Å². The first-order chi connectivity index (χ1) is 25.8. The summed E-state index contributed by atoms with van der Waals surface area (Å²) in [5, 5.41) is 5.96. The van der Waals surface area contributed by atoms with Gasteiger partial charge in [0, 0.05) is 30.9 Å². The zero-order valence-corrected chi connectivity index (χ0v) is 29.6. The van der Waals surface area contributed by atoms with Gasteiger partial charge in [0.25, 0.3) is 0 Å². The summed E-state index contributed by atoms with van der Waals surface area (Å²) in [5.74, 6) is 0.575. The standard InChI is InChI=1S/C40H36FN5O6S/c1-49-35-18-31-33(19-36(35)50-23-27-14-28-20-46(21-29(28)15-27)40(48)51-22-26-10-6-3-7-11-26)42-24-43-38(31)52-34-13-12-30(17-32(34)41)44-39(53)45-37(47)16-25-8-4-2-5-9-25/h2-14,17-19,24,28-29H,15-16,20-23H2,1H3,(H2,44,45,47,53). The molecule has 1 saturated heterocycles. The van der Waals surface area contributed by atoms with Gasteiger partial charge in [-0.25, -0.2) is 19.2 Å². The zero-order valence-electron chi connectivity index (χ0n) is 28.8. The number of hydrogen-bond donors (Lipinski definition) is 2. The maximum Gasteiger partial charge on any atom is 0.410 e. The average molecular weight is 734 g/mol. The van der Waals surface area contributed by atoms with Crippen LogP contribution in [0.3, 0.4) is 0 Å². The molecule has 1 aliphatic heterocycles. The fourth-order valence-corrected chi connectivity index (χ4v) is 6.75. The van der Waals surface area contributed by atoms with E-state index in [1.165, 1.54) is 25.6 Å². The van der Waals surface area contributed by atoms with E-state index >= 15 is 4.39 Å². The number of carbonyl (C=O) groups is 2. The van der Waals surface area contributed by atoms with Crippen LogP contribution in [0.4, 0.5) is 14.9 Å². The molecule has 5 aromatic rings. The van der Waals surface area contributed by atoms with Crippen molar-refractivity contribution in [2.75, 3.05) is 32.1 Å². The Balaban J connectivity index is 0.946. The van der Waals surface area contributed by atoms with Crippen LogP contribution < -0.4 is 24.8 Å². The molecule has 1 fully saturated rings. The van der Waals surface area contributed by atoms with Gasteiger partial charge in [-0.05, 0) is 65.4 Å². The summed E-state index contributed by atoms with van der Waals surface area (Å²) in [5.41, 5.74) is 3.79. The fraction of sp³-hybridized carbons (Fsp3) is 0.225. The first-order valence-corrected chi connectivity index (χ1v) is 17.4. The van der Waals surface area contributed by atoms with Gasteiger partial charge in [-0.15, -0.1) is 0 Å². The maximum absolute atomic E-state index is 15.2. The normalized spacial score (nSPS) is 16.0. The van der Waals surface area contributed by atoms with Crippen molar-refractivity contribution in [3.8, 4) is 23.1 Å². The van der Waals surface area contributed by atoms with Crippen molar-refractivity contribution in [1.82, 2.24) is 20.2 Å². The van der Waals surface area contributed by atoms with Gasteiger partial charge in [0.05, 0.1) is 24.4 Å². The molecule has 0 radical (unpaired) electrons. The Labute approximate surface area is 310 Å². The lowest BCUT2D eigenvalue weighted by atomic mass is 10.00. The lowest BCUT2D eigenvalue weighted by Crippen LogP contribution is -2.35. The molecular formula is C40H36FN5O6S. The monoisotopic (exact) mass is 733 g/mol. The van der Waals surface area contributed by atoms with Crippen LogP contribution in [0.15, 0.2) is 109 Å². The molecule has 270 valence electrons. The van der Waals surface area contributed by atoms with Gasteiger partial charge >= 0.3 is 6.09 Å². The minimum Gasteiger partial charge on any atom is -0.493 e. The van der Waals surface area contributed by atoms with E-state index in [1.807, 2.05) is 60.7 Å². The SMILES string of the molecule is COc1cc2c(Oc3ccc(NC(=S)NC(=O)Cc4ccccc4)cc3F)ncnc2cc1OCC1=CC2CN(C(=O)OCc3ccccc3)CC2C1. The number of aromatic nitrogens is 2. The first-order valence-electron chi connectivity index (χ1n) is 17.0. The fourth-order valence-electron chi connectivity index (χ4n) is 6.52. The molecule has 0 saturated carbocycles. The van der Waals surface area contributed by atoms with Crippen molar-refractivity contribution in [3.05, 3.63) is 126 Å². The molecule has 0 spiro atoms. The van der Waals surface area contributed by atoms with Gasteiger partial charge in [0.2, 0.25) is 11.8 Å². The van der Waals surface area contributed by atoms with Crippen molar-refractivity contribution in [2.24, 2.45) is 11.8 Å². The van der Waals surface area contributed by atoms with E-state index in [1.54, 1.807) is 23.1 Å². The van der Waals surface area contributed by atoms with Crippen molar-refractivity contribution in [3.63, 3.8) is 0 Å². The lowest BCUT2D eigenvalue weighted by Gasteiger charge is -2.17. The molecule has 53 heavy (non-hydrogen) atoms. The second-order valence-corrected chi connectivity index (χ2v) is 13.2. The maximum atomic E-state index is 15.2. The second kappa shape index (κ2) is 16.1. The van der Waals surface area contributed by atoms with Gasteiger partial charge in [0.1, 0.15) is 19.5 Å². The number of hydrogen-bond acceptors (Lipinski definition) is 9. The van der Waals surface area contributed by atoms with E-state index in [9.17, 15) is 9.59 Å². The van der Waals surface area contributed by atoms with Crippen LogP contribution in [-0.4, -0.2) is 58.8 Å². The third-order valence-corrected chi connectivity index (χ3v) is 9.29. The van der Waals surface area contributed by atoms with Crippen molar-refractivity contribution >= 4 is 45.9 Å². The molecule has 2 N–H and O–H groups in total. The highest BCUT2D eigenvalue weighted by molar-refractivity contribution is 7.80. The number of nitrogens with zero attached hydrogens (tertiary/aromatic N) is 3. The Morgan fingerprint density at radius 2 is 1.68 bits per heavy atom. The molecule has 1 aliphatic carbocycles. The van der Waals surface area contributed by atoms with E-state index in [0.29, 0.717) is 53.7 Å². The Morgan fingerprint density at radius 3 is 2.42 bits per heavy atom. The Morgan fingerprint density at radius 1 is 0.906 bits per heavy atom. The number of anilines is 1. The van der Waals surface area contributed by atoms with E-state index in [4.69, 9.17) is 31.2 Å². The van der Waals surface area contributed by atoms with E-state index < -0.39 is 5.82 Å². The van der Waals surface area contributed by atoms with Crippen LogP contribution in [0, 0.1) is 17.7 Å². The zero-order chi connectivity index (χ0) is 36.7. The van der Waals surface area contributed by atoms with Crippen LogP contribution >= 0.6 is 12.2 Å². The Bertz CT molecular complexity index is 2170. The number of carbonyl (C=O) groups excluding carboxylic acids is 2. The molecule has 2 unspecified atom stereocenters.